The molecule has 3 nitrogen and oxygen atoms in total. The van der Waals surface area contributed by atoms with Gasteiger partial charge < -0.3 is 4.74 Å². The number of hydrogen-bond acceptors (Lipinski definition) is 3. The van der Waals surface area contributed by atoms with Gasteiger partial charge in [0.15, 0.2) is 5.78 Å². The Balaban J connectivity index is 1.74. The molecule has 0 saturated carbocycles. The van der Waals surface area contributed by atoms with E-state index in [1.165, 1.54) is 0 Å². The van der Waals surface area contributed by atoms with Crippen LogP contribution in [0, 0.1) is 5.92 Å². The molecule has 0 amide bonds. The number of aliphatic imine (C=N–C) groups is 1. The van der Waals surface area contributed by atoms with Crippen molar-refractivity contribution in [1.82, 2.24) is 0 Å². The normalized spacial score (nSPS) is 20.8. The average Bonchev–Trinajstić information content (AvgIpc) is 2.76. The Hall–Kier alpha value is -2.16. The lowest BCUT2D eigenvalue weighted by molar-refractivity contribution is -0.117. The molecule has 0 radical (unpaired) electrons. The monoisotopic (exact) mass is 309 g/mol. The number of carbonyl (C=O) groups is 1. The first-order valence-corrected chi connectivity index (χ1v) is 8.43. The number of Topliss-reactive ketones (excluding diaryl/α,β-unsaturated/α-hetero) is 1. The first kappa shape index (κ1) is 15.7. The minimum Gasteiger partial charge on any atom is -0.473 e. The minimum atomic E-state index is 0.266. The third kappa shape index (κ3) is 3.98. The number of nitrogens with zero attached hydrogens (tertiary/aromatic N) is 1. The van der Waals surface area contributed by atoms with Crippen LogP contribution in [0.4, 0.5) is 0 Å². The molecule has 1 aliphatic carbocycles. The molecule has 1 aromatic rings. The lowest BCUT2D eigenvalue weighted by Crippen LogP contribution is -2.19. The number of hydrogen-bond donors (Lipinski definition) is 0. The van der Waals surface area contributed by atoms with Gasteiger partial charge in [0.2, 0.25) is 5.90 Å². The Kier molecular flexibility index (Phi) is 5.06. The molecule has 0 fully saturated rings. The van der Waals surface area contributed by atoms with Gasteiger partial charge in [0.05, 0.1) is 5.70 Å². The van der Waals surface area contributed by atoms with Crippen LogP contribution in [0.5, 0.6) is 0 Å². The second-order valence-electron chi connectivity index (χ2n) is 6.24. The fraction of sp³-hybridized carbons (Fsp3) is 0.400. The van der Waals surface area contributed by atoms with E-state index in [1.54, 1.807) is 0 Å². The Bertz CT molecular complexity index is 655. The van der Waals surface area contributed by atoms with Crippen LogP contribution in [0.25, 0.3) is 0 Å². The maximum absolute atomic E-state index is 12.4. The molecule has 0 aromatic heterocycles. The molecule has 1 atom stereocenters. The van der Waals surface area contributed by atoms with Gasteiger partial charge in [-0.05, 0) is 36.8 Å². The molecule has 0 bridgehead atoms. The zero-order valence-electron chi connectivity index (χ0n) is 13.6. The van der Waals surface area contributed by atoms with Crippen LogP contribution >= 0.6 is 0 Å². The van der Waals surface area contributed by atoms with Gasteiger partial charge in [-0.2, -0.15) is 0 Å². The van der Waals surface area contributed by atoms with E-state index in [9.17, 15) is 4.79 Å². The topological polar surface area (TPSA) is 38.7 Å². The van der Waals surface area contributed by atoms with Crippen LogP contribution in [0.2, 0.25) is 0 Å². The Labute approximate surface area is 137 Å². The Morgan fingerprint density at radius 2 is 2.04 bits per heavy atom. The summed E-state index contributed by atoms with van der Waals surface area (Å²) in [5.41, 5.74) is 2.94. The van der Waals surface area contributed by atoms with Crippen molar-refractivity contribution in [1.29, 1.82) is 0 Å². The molecule has 1 heterocycles. The van der Waals surface area contributed by atoms with E-state index in [4.69, 9.17) is 4.74 Å². The average molecular weight is 309 g/mol. The van der Waals surface area contributed by atoms with Crippen LogP contribution in [0.15, 0.2) is 58.7 Å². The molecule has 2 aliphatic rings. The molecular formula is C20H23NO2. The molecule has 0 saturated heterocycles. The number of allylic oxidation sites excluding steroid dienone is 3. The van der Waals surface area contributed by atoms with Crippen molar-refractivity contribution in [2.75, 3.05) is 0 Å². The first-order chi connectivity index (χ1) is 11.3. The second kappa shape index (κ2) is 7.40. The first-order valence-electron chi connectivity index (χ1n) is 8.43. The SMILES string of the molecule is CCCC1CC(=O)C2=C(C1)N=C(OCc1ccccc1)C=CC2. The largest absolute Gasteiger partial charge is 0.473 e. The summed E-state index contributed by atoms with van der Waals surface area (Å²) in [5.74, 6) is 1.31. The molecule has 3 rings (SSSR count). The molecule has 1 aliphatic heterocycles. The van der Waals surface area contributed by atoms with Crippen molar-refractivity contribution in [2.24, 2.45) is 10.9 Å². The lowest BCUT2D eigenvalue weighted by Gasteiger charge is -2.23. The van der Waals surface area contributed by atoms with Gasteiger partial charge in [0, 0.05) is 12.0 Å². The van der Waals surface area contributed by atoms with Crippen molar-refractivity contribution in [3.8, 4) is 0 Å². The maximum atomic E-state index is 12.4. The summed E-state index contributed by atoms with van der Waals surface area (Å²) in [5, 5.41) is 0. The summed E-state index contributed by atoms with van der Waals surface area (Å²) in [7, 11) is 0. The summed E-state index contributed by atoms with van der Waals surface area (Å²) in [6.07, 6.45) is 8.33. The van der Waals surface area contributed by atoms with Gasteiger partial charge >= 0.3 is 0 Å². The van der Waals surface area contributed by atoms with E-state index in [0.717, 1.165) is 36.1 Å². The summed E-state index contributed by atoms with van der Waals surface area (Å²) in [6, 6.07) is 10.1. The molecule has 3 heteroatoms. The number of ether oxygens (including phenoxy) is 1. The van der Waals surface area contributed by atoms with Gasteiger partial charge in [-0.15, -0.1) is 0 Å². The van der Waals surface area contributed by atoms with Gasteiger partial charge in [0.25, 0.3) is 0 Å². The summed E-state index contributed by atoms with van der Waals surface area (Å²) in [6.45, 7) is 2.67. The Morgan fingerprint density at radius 3 is 2.83 bits per heavy atom. The number of rotatable bonds is 4. The van der Waals surface area contributed by atoms with Crippen LogP contribution < -0.4 is 0 Å². The van der Waals surface area contributed by atoms with E-state index >= 15 is 0 Å². The number of ketones is 1. The Morgan fingerprint density at radius 1 is 1.22 bits per heavy atom. The highest BCUT2D eigenvalue weighted by molar-refractivity contribution is 5.99. The number of carbonyl (C=O) groups excluding carboxylic acids is 1. The highest BCUT2D eigenvalue weighted by Crippen LogP contribution is 2.33. The van der Waals surface area contributed by atoms with Crippen molar-refractivity contribution in [2.45, 2.75) is 45.6 Å². The van der Waals surface area contributed by atoms with Crippen molar-refractivity contribution in [3.05, 3.63) is 59.3 Å². The third-order valence-electron chi connectivity index (χ3n) is 4.40. The minimum absolute atomic E-state index is 0.266. The van der Waals surface area contributed by atoms with Crippen LogP contribution in [-0.4, -0.2) is 11.7 Å². The number of benzene rings is 1. The predicted octanol–water partition coefficient (Wildman–Crippen LogP) is 4.59. The highest BCUT2D eigenvalue weighted by atomic mass is 16.5. The van der Waals surface area contributed by atoms with Crippen LogP contribution in [0.3, 0.4) is 0 Å². The predicted molar refractivity (Wildman–Crippen MR) is 92.1 cm³/mol. The van der Waals surface area contributed by atoms with Gasteiger partial charge in [-0.1, -0.05) is 49.8 Å². The van der Waals surface area contributed by atoms with E-state index in [2.05, 4.69) is 11.9 Å². The molecule has 0 spiro atoms. The molecular weight excluding hydrogens is 286 g/mol. The van der Waals surface area contributed by atoms with Crippen molar-refractivity contribution in [3.63, 3.8) is 0 Å². The van der Waals surface area contributed by atoms with E-state index < -0.39 is 0 Å². The van der Waals surface area contributed by atoms with Crippen molar-refractivity contribution >= 4 is 11.7 Å². The fourth-order valence-corrected chi connectivity index (χ4v) is 3.23. The van der Waals surface area contributed by atoms with Gasteiger partial charge in [0.1, 0.15) is 6.61 Å². The summed E-state index contributed by atoms with van der Waals surface area (Å²) >= 11 is 0. The maximum Gasteiger partial charge on any atom is 0.213 e. The molecule has 23 heavy (non-hydrogen) atoms. The second-order valence-corrected chi connectivity index (χ2v) is 6.24. The summed E-state index contributed by atoms with van der Waals surface area (Å²) in [4.78, 5) is 17.0. The van der Waals surface area contributed by atoms with E-state index in [1.807, 2.05) is 42.5 Å². The van der Waals surface area contributed by atoms with E-state index in [-0.39, 0.29) is 5.78 Å². The van der Waals surface area contributed by atoms with Gasteiger partial charge in [-0.3, -0.25) is 4.79 Å². The summed E-state index contributed by atoms with van der Waals surface area (Å²) < 4.78 is 5.85. The highest BCUT2D eigenvalue weighted by Gasteiger charge is 2.27. The van der Waals surface area contributed by atoms with Crippen LogP contribution in [0.1, 0.15) is 44.6 Å². The van der Waals surface area contributed by atoms with Gasteiger partial charge in [-0.25, -0.2) is 4.99 Å². The van der Waals surface area contributed by atoms with Crippen molar-refractivity contribution < 1.29 is 9.53 Å². The lowest BCUT2D eigenvalue weighted by atomic mass is 9.83. The molecule has 0 N–H and O–H groups in total. The molecule has 120 valence electrons. The molecule has 1 aromatic carbocycles. The molecule has 1 unspecified atom stereocenters. The van der Waals surface area contributed by atoms with E-state index in [0.29, 0.717) is 31.3 Å². The zero-order valence-corrected chi connectivity index (χ0v) is 13.6. The zero-order chi connectivity index (χ0) is 16.1. The fourth-order valence-electron chi connectivity index (χ4n) is 3.23. The quantitative estimate of drug-likeness (QED) is 0.815. The van der Waals surface area contributed by atoms with Crippen LogP contribution in [-0.2, 0) is 16.1 Å². The standard InChI is InChI=1S/C20H23NO2/c1-2-7-16-12-18-17(19(22)13-16)10-6-11-20(21-18)23-14-15-8-4-3-5-9-15/h3-6,8-9,11,16H,2,7,10,12-14H2,1H3. The smallest absolute Gasteiger partial charge is 0.213 e. The third-order valence-corrected chi connectivity index (χ3v) is 4.40.